The van der Waals surface area contributed by atoms with E-state index in [2.05, 4.69) is 12.8 Å². The Labute approximate surface area is 39.6 Å². The molecule has 0 aromatic heterocycles. The summed E-state index contributed by atoms with van der Waals surface area (Å²) in [5.41, 5.74) is 0. The van der Waals surface area contributed by atoms with E-state index in [1.165, 1.54) is 0 Å². The molecule has 0 N–H and O–H groups in total. The van der Waals surface area contributed by atoms with Crippen molar-refractivity contribution >= 4 is 0 Å². The van der Waals surface area contributed by atoms with Crippen LogP contribution in [0, 0.1) is 25.2 Å². The van der Waals surface area contributed by atoms with Crippen LogP contribution in [0.2, 0.25) is 0 Å². The van der Waals surface area contributed by atoms with Crippen LogP contribution in [0.4, 0.5) is 0 Å². The second-order valence-electron chi connectivity index (χ2n) is 1.33. The molecule has 0 heterocycles. The first kappa shape index (κ1) is 5.56. The molecule has 1 unspecified atom stereocenters. The molecule has 0 saturated heterocycles. The fraction of sp³-hybridized carbons (Fsp3) is 0.500. The van der Waals surface area contributed by atoms with E-state index >= 15 is 0 Å². The lowest BCUT2D eigenvalue weighted by atomic mass is 10.1. The van der Waals surface area contributed by atoms with E-state index < -0.39 is 0 Å². The maximum absolute atomic E-state index is 6.52. The van der Waals surface area contributed by atoms with Crippen LogP contribution in [-0.4, -0.2) is 0 Å². The summed E-state index contributed by atoms with van der Waals surface area (Å²) in [5, 5.41) is 0. The van der Waals surface area contributed by atoms with Gasteiger partial charge in [-0.05, 0) is 12.8 Å². The van der Waals surface area contributed by atoms with Crippen molar-refractivity contribution in [3.63, 3.8) is 0 Å². The van der Waals surface area contributed by atoms with E-state index in [-0.39, 0.29) is 5.92 Å². The van der Waals surface area contributed by atoms with E-state index in [1.807, 2.05) is 6.92 Å². The summed E-state index contributed by atoms with van der Waals surface area (Å²) in [6, 6.07) is 0. The summed E-state index contributed by atoms with van der Waals surface area (Å²) < 4.78 is 0. The molecule has 0 aromatic carbocycles. The highest BCUT2D eigenvalue weighted by atomic mass is 13.9. The molecule has 0 aliphatic carbocycles. The summed E-state index contributed by atoms with van der Waals surface area (Å²) in [5.74, 6) is 2.54. The molecule has 0 fully saturated rings. The lowest BCUT2D eigenvalue weighted by Crippen LogP contribution is -1.82. The van der Waals surface area contributed by atoms with Gasteiger partial charge >= 0.3 is 0 Å². The number of rotatable bonds is 1. The minimum atomic E-state index is 0.241. The maximum atomic E-state index is 6.52. The van der Waals surface area contributed by atoms with Gasteiger partial charge in [0.25, 0.3) is 0 Å². The maximum Gasteiger partial charge on any atom is 0.0184 e. The second-order valence-corrected chi connectivity index (χ2v) is 1.33. The molecule has 0 rings (SSSR count). The predicted molar refractivity (Wildman–Crippen MR) is 26.3 cm³/mol. The summed E-state index contributed by atoms with van der Waals surface area (Å²) in [7, 11) is 0. The third-order valence-corrected chi connectivity index (χ3v) is 0.679. The quantitative estimate of drug-likeness (QED) is 0.418. The Kier molecular flexibility index (Phi) is 2.58. The van der Waals surface area contributed by atoms with Gasteiger partial charge in [-0.25, -0.2) is 0 Å². The van der Waals surface area contributed by atoms with Crippen molar-refractivity contribution in [2.24, 2.45) is 5.92 Å². The van der Waals surface area contributed by atoms with E-state index in [9.17, 15) is 0 Å². The van der Waals surface area contributed by atoms with Crippen molar-refractivity contribution in [1.82, 2.24) is 0 Å². The second kappa shape index (κ2) is 2.78. The lowest BCUT2D eigenvalue weighted by Gasteiger charge is -1.90. The fourth-order valence-corrected chi connectivity index (χ4v) is 0.0722. The Balaban J connectivity index is 3.04. The number of hydrogen-bond acceptors (Lipinski definition) is 0. The van der Waals surface area contributed by atoms with Gasteiger partial charge < -0.3 is 0 Å². The molecular weight excluding hydrogens is 72.1 g/mol. The molecule has 0 spiro atoms. The van der Waals surface area contributed by atoms with Gasteiger partial charge in [-0.1, -0.05) is 19.8 Å². The SMILES string of the molecule is [C]#CC(C)C[CH2]. The smallest absolute Gasteiger partial charge is 0.0184 e. The first-order valence-electron chi connectivity index (χ1n) is 2.02. The van der Waals surface area contributed by atoms with E-state index in [1.54, 1.807) is 0 Å². The van der Waals surface area contributed by atoms with Crippen LogP contribution in [0.5, 0.6) is 0 Å². The molecule has 1 atom stereocenters. The molecule has 32 valence electrons. The highest BCUT2D eigenvalue weighted by Gasteiger charge is 1.85. The van der Waals surface area contributed by atoms with Crippen LogP contribution >= 0.6 is 0 Å². The Morgan fingerprint density at radius 3 is 2.50 bits per heavy atom. The molecule has 6 heavy (non-hydrogen) atoms. The Morgan fingerprint density at radius 1 is 2.00 bits per heavy atom. The Bertz CT molecular complexity index is 56.9. The predicted octanol–water partition coefficient (Wildman–Crippen LogP) is 1.44. The topological polar surface area (TPSA) is 0 Å². The van der Waals surface area contributed by atoms with E-state index in [0.717, 1.165) is 6.42 Å². The van der Waals surface area contributed by atoms with Gasteiger partial charge in [-0.15, -0.1) is 0 Å². The van der Waals surface area contributed by atoms with Crippen LogP contribution in [0.3, 0.4) is 0 Å². The summed E-state index contributed by atoms with van der Waals surface area (Å²) >= 11 is 0. The first-order valence-corrected chi connectivity index (χ1v) is 2.02. The summed E-state index contributed by atoms with van der Waals surface area (Å²) in [6.07, 6.45) is 7.30. The third kappa shape index (κ3) is 1.84. The van der Waals surface area contributed by atoms with Gasteiger partial charge in [0.1, 0.15) is 0 Å². The first-order chi connectivity index (χ1) is 2.81. The zero-order valence-electron chi connectivity index (χ0n) is 3.99. The normalized spacial score (nSPS) is 12.8. The van der Waals surface area contributed by atoms with Crippen molar-refractivity contribution < 1.29 is 0 Å². The molecule has 2 radical (unpaired) electrons. The van der Waals surface area contributed by atoms with Gasteiger partial charge in [0, 0.05) is 5.92 Å². The lowest BCUT2D eigenvalue weighted by molar-refractivity contribution is 0.770. The standard InChI is InChI=1S/C6H8/c1-4-6(3)5-2/h6H,1,4H2,3H3. The molecular formula is C6H8. The average molecular weight is 80.1 g/mol. The van der Waals surface area contributed by atoms with Crippen molar-refractivity contribution in [3.05, 3.63) is 13.3 Å². The fourth-order valence-electron chi connectivity index (χ4n) is 0.0722. The Hall–Kier alpha value is -0.440. The highest BCUT2D eigenvalue weighted by molar-refractivity contribution is 4.83. The van der Waals surface area contributed by atoms with E-state index in [0.29, 0.717) is 0 Å². The zero-order chi connectivity index (χ0) is 4.99. The van der Waals surface area contributed by atoms with E-state index in [4.69, 9.17) is 6.42 Å². The highest BCUT2D eigenvalue weighted by Crippen LogP contribution is 1.93. The third-order valence-electron chi connectivity index (χ3n) is 0.679. The number of hydrogen-bond donors (Lipinski definition) is 0. The molecule has 0 saturated carbocycles. The van der Waals surface area contributed by atoms with Crippen LogP contribution in [0.25, 0.3) is 0 Å². The molecule has 0 aliphatic heterocycles. The van der Waals surface area contributed by atoms with Crippen molar-refractivity contribution in [2.45, 2.75) is 13.3 Å². The van der Waals surface area contributed by atoms with Crippen molar-refractivity contribution in [2.75, 3.05) is 0 Å². The van der Waals surface area contributed by atoms with Crippen LogP contribution in [-0.2, 0) is 0 Å². The molecule has 0 heteroatoms. The molecule has 0 aromatic rings. The van der Waals surface area contributed by atoms with Crippen LogP contribution < -0.4 is 0 Å². The summed E-state index contributed by atoms with van der Waals surface area (Å²) in [6.45, 7) is 5.49. The van der Waals surface area contributed by atoms with Gasteiger partial charge in [-0.2, -0.15) is 0 Å². The van der Waals surface area contributed by atoms with Crippen molar-refractivity contribution in [3.8, 4) is 5.92 Å². The largest absolute Gasteiger partial charge is 0.0860 e. The average Bonchev–Trinajstić information content (AvgIpc) is 1.65. The molecule has 0 amide bonds. The molecule has 0 nitrogen and oxygen atoms in total. The van der Waals surface area contributed by atoms with Gasteiger partial charge in [0.15, 0.2) is 0 Å². The van der Waals surface area contributed by atoms with Crippen molar-refractivity contribution in [1.29, 1.82) is 0 Å². The minimum Gasteiger partial charge on any atom is -0.0860 e. The Morgan fingerprint density at radius 2 is 2.50 bits per heavy atom. The van der Waals surface area contributed by atoms with Gasteiger partial charge in [0.05, 0.1) is 0 Å². The molecule has 0 aliphatic rings. The molecule has 0 bridgehead atoms. The zero-order valence-corrected chi connectivity index (χ0v) is 3.99. The van der Waals surface area contributed by atoms with Crippen LogP contribution in [0.1, 0.15) is 13.3 Å². The monoisotopic (exact) mass is 80.1 g/mol. The summed E-state index contributed by atoms with van der Waals surface area (Å²) in [4.78, 5) is 0. The van der Waals surface area contributed by atoms with Gasteiger partial charge in [0.2, 0.25) is 0 Å². The van der Waals surface area contributed by atoms with Crippen LogP contribution in [0.15, 0.2) is 0 Å². The van der Waals surface area contributed by atoms with Gasteiger partial charge in [-0.3, -0.25) is 0 Å². The minimum absolute atomic E-state index is 0.241.